The van der Waals surface area contributed by atoms with Crippen LogP contribution in [0.5, 0.6) is 5.88 Å². The minimum absolute atomic E-state index is 0.183. The highest BCUT2D eigenvalue weighted by molar-refractivity contribution is 7.16. The first-order chi connectivity index (χ1) is 8.85. The second-order valence-electron chi connectivity index (χ2n) is 4.76. The van der Waals surface area contributed by atoms with Crippen molar-refractivity contribution in [2.45, 2.75) is 20.3 Å². The molecule has 1 heterocycles. The summed E-state index contributed by atoms with van der Waals surface area (Å²) in [7, 11) is 5.25. The Hall–Kier alpha value is -1.63. The third kappa shape index (κ3) is 4.20. The van der Waals surface area contributed by atoms with E-state index in [9.17, 15) is 10.1 Å². The number of thiazole rings is 1. The van der Waals surface area contributed by atoms with Gasteiger partial charge in [-0.05, 0) is 5.92 Å². The molecule has 0 aromatic carbocycles. The predicted octanol–water partition coefficient (Wildman–Crippen LogP) is 2.88. The van der Waals surface area contributed by atoms with Gasteiger partial charge in [-0.25, -0.2) is 0 Å². The fourth-order valence-electron chi connectivity index (χ4n) is 1.49. The zero-order valence-corrected chi connectivity index (χ0v) is 12.7. The molecule has 0 spiro atoms. The number of nitrogens with zero attached hydrogens (tertiary/aromatic N) is 3. The lowest BCUT2D eigenvalue weighted by atomic mass is 10.1. The molecule has 0 amide bonds. The smallest absolute Gasteiger partial charge is 0.248 e. The summed E-state index contributed by atoms with van der Waals surface area (Å²) in [6.45, 7) is 3.90. The summed E-state index contributed by atoms with van der Waals surface area (Å²) in [5, 5.41) is 11.8. The molecule has 0 saturated heterocycles. The summed E-state index contributed by atoms with van der Waals surface area (Å²) in [4.78, 5) is 17.5. The Bertz CT molecular complexity index is 481. The van der Waals surface area contributed by atoms with E-state index in [4.69, 9.17) is 4.74 Å². The van der Waals surface area contributed by atoms with Crippen LogP contribution < -0.4 is 9.64 Å². The van der Waals surface area contributed by atoms with Gasteiger partial charge in [-0.2, -0.15) is 4.98 Å². The summed E-state index contributed by atoms with van der Waals surface area (Å²) in [6.07, 6.45) is 1.98. The van der Waals surface area contributed by atoms with Gasteiger partial charge < -0.3 is 9.64 Å². The zero-order chi connectivity index (χ0) is 14.6. The molecule has 0 atom stereocenters. The van der Waals surface area contributed by atoms with Crippen molar-refractivity contribution >= 4 is 22.5 Å². The van der Waals surface area contributed by atoms with Gasteiger partial charge in [0.05, 0.1) is 16.9 Å². The number of anilines is 1. The first-order valence-electron chi connectivity index (χ1n) is 5.92. The van der Waals surface area contributed by atoms with Crippen LogP contribution in [0, 0.1) is 16.0 Å². The number of aromatic nitrogens is 1. The summed E-state index contributed by atoms with van der Waals surface area (Å²) >= 11 is 1.37. The molecule has 0 fully saturated rings. The highest BCUT2D eigenvalue weighted by atomic mass is 32.1. The molecule has 0 aliphatic rings. The fourth-order valence-corrected chi connectivity index (χ4v) is 2.41. The van der Waals surface area contributed by atoms with Crippen LogP contribution in [0.25, 0.3) is 6.08 Å². The molecule has 19 heavy (non-hydrogen) atoms. The molecule has 1 aromatic heterocycles. The maximum atomic E-state index is 11.0. The van der Waals surface area contributed by atoms with Crippen LogP contribution in [-0.2, 0) is 0 Å². The van der Waals surface area contributed by atoms with Gasteiger partial charge >= 0.3 is 0 Å². The quantitative estimate of drug-likeness (QED) is 0.594. The van der Waals surface area contributed by atoms with Gasteiger partial charge in [-0.15, -0.1) is 0 Å². The highest BCUT2D eigenvalue weighted by Crippen LogP contribution is 2.33. The minimum Gasteiger partial charge on any atom is -0.480 e. The third-order valence-electron chi connectivity index (χ3n) is 2.33. The van der Waals surface area contributed by atoms with E-state index in [0.29, 0.717) is 17.2 Å². The van der Waals surface area contributed by atoms with Crippen molar-refractivity contribution in [2.24, 2.45) is 5.92 Å². The Morgan fingerprint density at radius 3 is 2.63 bits per heavy atom. The zero-order valence-electron chi connectivity index (χ0n) is 11.8. The van der Waals surface area contributed by atoms with E-state index in [-0.39, 0.29) is 16.5 Å². The second kappa shape index (κ2) is 6.51. The molecular formula is C12H19N3O3S. The summed E-state index contributed by atoms with van der Waals surface area (Å²) in [5.74, 6) is 0.653. The SMILES string of the molecule is COc1nc(N(C)C)sc1C=C(CC(C)C)[N+](=O)[O-]. The van der Waals surface area contributed by atoms with Crippen molar-refractivity contribution in [2.75, 3.05) is 26.1 Å². The first kappa shape index (κ1) is 15.4. The van der Waals surface area contributed by atoms with Crippen molar-refractivity contribution in [3.63, 3.8) is 0 Å². The number of allylic oxidation sites excluding steroid dienone is 1. The number of ether oxygens (including phenoxy) is 1. The van der Waals surface area contributed by atoms with Gasteiger partial charge in [0, 0.05) is 26.6 Å². The summed E-state index contributed by atoms with van der Waals surface area (Å²) < 4.78 is 5.17. The fraction of sp³-hybridized carbons (Fsp3) is 0.583. The van der Waals surface area contributed by atoms with Crippen LogP contribution in [0.15, 0.2) is 5.70 Å². The molecule has 0 bridgehead atoms. The minimum atomic E-state index is -0.339. The topological polar surface area (TPSA) is 68.5 Å². The van der Waals surface area contributed by atoms with Crippen LogP contribution in [0.4, 0.5) is 5.13 Å². The molecule has 0 radical (unpaired) electrons. The first-order valence-corrected chi connectivity index (χ1v) is 6.73. The Balaban J connectivity index is 3.15. The van der Waals surface area contributed by atoms with Crippen molar-refractivity contribution < 1.29 is 9.66 Å². The predicted molar refractivity (Wildman–Crippen MR) is 77.4 cm³/mol. The molecule has 7 heteroatoms. The molecule has 1 rings (SSSR count). The van der Waals surface area contributed by atoms with Gasteiger partial charge in [0.2, 0.25) is 11.6 Å². The summed E-state index contributed by atoms with van der Waals surface area (Å²) in [5.41, 5.74) is 0.183. The van der Waals surface area contributed by atoms with Crippen LogP contribution in [0.3, 0.4) is 0 Å². The van der Waals surface area contributed by atoms with Gasteiger partial charge in [-0.1, -0.05) is 25.2 Å². The summed E-state index contributed by atoms with van der Waals surface area (Å²) in [6, 6.07) is 0. The molecule has 0 aliphatic heterocycles. The molecule has 0 N–H and O–H groups in total. The van der Waals surface area contributed by atoms with Gasteiger partial charge in [0.25, 0.3) is 0 Å². The Morgan fingerprint density at radius 2 is 2.21 bits per heavy atom. The van der Waals surface area contributed by atoms with Crippen molar-refractivity contribution in [3.8, 4) is 5.88 Å². The largest absolute Gasteiger partial charge is 0.480 e. The molecule has 0 unspecified atom stereocenters. The van der Waals surface area contributed by atoms with E-state index in [0.717, 1.165) is 5.13 Å². The Labute approximate surface area is 116 Å². The maximum Gasteiger partial charge on any atom is 0.248 e. The van der Waals surface area contributed by atoms with Gasteiger partial charge in [0.1, 0.15) is 0 Å². The molecule has 106 valence electrons. The van der Waals surface area contributed by atoms with Crippen LogP contribution in [-0.4, -0.2) is 31.1 Å². The highest BCUT2D eigenvalue weighted by Gasteiger charge is 2.18. The van der Waals surface area contributed by atoms with Crippen LogP contribution in [0.1, 0.15) is 25.1 Å². The van der Waals surface area contributed by atoms with Crippen molar-refractivity contribution in [3.05, 3.63) is 20.7 Å². The standard InChI is InChI=1S/C12H19N3O3S/c1-8(2)6-9(15(16)17)7-10-11(18-5)13-12(19-10)14(3)4/h7-8H,6H2,1-5H3. The van der Waals surface area contributed by atoms with E-state index >= 15 is 0 Å². The van der Waals surface area contributed by atoms with Crippen molar-refractivity contribution in [1.29, 1.82) is 0 Å². The normalized spacial score (nSPS) is 11.8. The lowest BCUT2D eigenvalue weighted by molar-refractivity contribution is -0.427. The van der Waals surface area contributed by atoms with Gasteiger partial charge in [-0.3, -0.25) is 10.1 Å². The number of hydrogen-bond acceptors (Lipinski definition) is 6. The molecule has 6 nitrogen and oxygen atoms in total. The Kier molecular flexibility index (Phi) is 5.29. The second-order valence-corrected chi connectivity index (χ2v) is 5.76. The number of hydrogen-bond donors (Lipinski definition) is 0. The number of methoxy groups -OCH3 is 1. The number of rotatable bonds is 6. The van der Waals surface area contributed by atoms with Crippen LogP contribution >= 0.6 is 11.3 Å². The van der Waals surface area contributed by atoms with Crippen LogP contribution in [0.2, 0.25) is 0 Å². The molecule has 1 aromatic rings. The van der Waals surface area contributed by atoms with E-state index < -0.39 is 0 Å². The third-order valence-corrected chi connectivity index (χ3v) is 3.49. The van der Waals surface area contributed by atoms with E-state index in [1.807, 2.05) is 32.8 Å². The van der Waals surface area contributed by atoms with Gasteiger partial charge in [0.15, 0.2) is 5.13 Å². The van der Waals surface area contributed by atoms with E-state index in [1.54, 1.807) is 6.08 Å². The maximum absolute atomic E-state index is 11.0. The lowest BCUT2D eigenvalue weighted by Crippen LogP contribution is -2.07. The lowest BCUT2D eigenvalue weighted by Gasteiger charge is -2.04. The number of nitro groups is 1. The molecule has 0 saturated carbocycles. The van der Waals surface area contributed by atoms with Crippen molar-refractivity contribution in [1.82, 2.24) is 4.98 Å². The van der Waals surface area contributed by atoms with E-state index in [2.05, 4.69) is 4.98 Å². The average molecular weight is 285 g/mol. The Morgan fingerprint density at radius 1 is 1.58 bits per heavy atom. The van der Waals surface area contributed by atoms with E-state index in [1.165, 1.54) is 18.4 Å². The molecular weight excluding hydrogens is 266 g/mol. The monoisotopic (exact) mass is 285 g/mol. The average Bonchev–Trinajstić information content (AvgIpc) is 2.70. The molecule has 0 aliphatic carbocycles.